The van der Waals surface area contributed by atoms with Crippen LogP contribution in [0.1, 0.15) is 12.5 Å². The van der Waals surface area contributed by atoms with E-state index >= 15 is 0 Å². The zero-order chi connectivity index (χ0) is 14.5. The second kappa shape index (κ2) is 7.07. The van der Waals surface area contributed by atoms with Gasteiger partial charge >= 0.3 is 0 Å². The van der Waals surface area contributed by atoms with Crippen molar-refractivity contribution in [1.29, 1.82) is 0 Å². The summed E-state index contributed by atoms with van der Waals surface area (Å²) < 4.78 is 16.3. The van der Waals surface area contributed by atoms with Gasteiger partial charge in [0.15, 0.2) is 5.08 Å². The number of hydrogen-bond acceptors (Lipinski definition) is 3. The molecule has 0 aromatic heterocycles. The third-order valence-corrected chi connectivity index (χ3v) is 5.39. The summed E-state index contributed by atoms with van der Waals surface area (Å²) in [4.78, 5) is 0. The normalized spacial score (nSPS) is 13.5. The molecule has 0 radical (unpaired) electrons. The maximum absolute atomic E-state index is 11.0. The van der Waals surface area contributed by atoms with Crippen LogP contribution in [0.4, 0.5) is 0 Å². The Kier molecular flexibility index (Phi) is 5.40. The molecule has 0 saturated heterocycles. The van der Waals surface area contributed by atoms with Crippen molar-refractivity contribution in [2.45, 2.75) is 6.92 Å². The van der Waals surface area contributed by atoms with E-state index in [4.69, 9.17) is 4.74 Å². The standard InChI is InChI=1S/C16H18O2S2/c1-12(10-19-11-20(3)17)13-4-5-15-9-16(18-2)7-6-14(15)8-13/h4-10H,11H2,1-3H3. The molecule has 0 aliphatic carbocycles. The second-order valence-electron chi connectivity index (χ2n) is 4.59. The number of rotatable bonds is 5. The van der Waals surface area contributed by atoms with Crippen LogP contribution in [0.15, 0.2) is 41.8 Å². The van der Waals surface area contributed by atoms with Gasteiger partial charge in [-0.05, 0) is 63.6 Å². The summed E-state index contributed by atoms with van der Waals surface area (Å²) in [6.45, 7) is 2.08. The van der Waals surface area contributed by atoms with Crippen LogP contribution in [0.3, 0.4) is 0 Å². The summed E-state index contributed by atoms with van der Waals surface area (Å²) >= 11 is 0.834. The fourth-order valence-electron chi connectivity index (χ4n) is 1.92. The average molecular weight is 306 g/mol. The van der Waals surface area contributed by atoms with Crippen molar-refractivity contribution in [3.8, 4) is 5.75 Å². The lowest BCUT2D eigenvalue weighted by Crippen LogP contribution is -1.97. The highest BCUT2D eigenvalue weighted by Crippen LogP contribution is 2.26. The molecule has 106 valence electrons. The van der Waals surface area contributed by atoms with E-state index in [0.29, 0.717) is 5.08 Å². The molecule has 0 saturated carbocycles. The summed E-state index contributed by atoms with van der Waals surface area (Å²) in [5.74, 6) is 0.874. The van der Waals surface area contributed by atoms with E-state index in [1.165, 1.54) is 21.9 Å². The molecule has 2 rings (SSSR count). The molecule has 0 aliphatic rings. The highest BCUT2D eigenvalue weighted by Gasteiger charge is 2.01. The maximum Gasteiger partial charge on any atom is 0.154 e. The first-order chi connectivity index (χ1) is 9.60. The molecule has 2 nitrogen and oxygen atoms in total. The summed E-state index contributed by atoms with van der Waals surface area (Å²) in [6.07, 6.45) is 1.72. The lowest BCUT2D eigenvalue weighted by Gasteiger charge is -2.07. The molecule has 0 fully saturated rings. The predicted octanol–water partition coefficient (Wildman–Crippen LogP) is 4.28. The van der Waals surface area contributed by atoms with E-state index in [2.05, 4.69) is 36.6 Å². The number of hydrogen-bond donors (Lipinski definition) is 0. The molecule has 1 atom stereocenters. The predicted molar refractivity (Wildman–Crippen MR) is 90.7 cm³/mol. The Hall–Kier alpha value is -1.10. The Labute approximate surface area is 127 Å². The smallest absolute Gasteiger partial charge is 0.154 e. The van der Waals surface area contributed by atoms with Crippen molar-refractivity contribution >= 4 is 39.3 Å². The zero-order valence-corrected chi connectivity index (χ0v) is 13.5. The first-order valence-electron chi connectivity index (χ1n) is 6.27. The number of benzene rings is 2. The Morgan fingerprint density at radius 3 is 2.65 bits per heavy atom. The van der Waals surface area contributed by atoms with Crippen molar-refractivity contribution in [2.75, 3.05) is 18.5 Å². The summed E-state index contributed by atoms with van der Waals surface area (Å²) in [5.41, 5.74) is 2.38. The number of methoxy groups -OCH3 is 1. The highest BCUT2D eigenvalue weighted by atomic mass is 32.3. The first kappa shape index (κ1) is 15.3. The Balaban J connectivity index is 2.23. The van der Waals surface area contributed by atoms with Crippen LogP contribution in [0.5, 0.6) is 5.75 Å². The molecule has 2 aromatic carbocycles. The molecule has 20 heavy (non-hydrogen) atoms. The molecule has 0 N–H and O–H groups in total. The van der Waals surface area contributed by atoms with Gasteiger partial charge in [-0.1, -0.05) is 30.0 Å². The van der Waals surface area contributed by atoms with Gasteiger partial charge in [-0.3, -0.25) is 0 Å². The minimum absolute atomic E-state index is 0.641. The third kappa shape index (κ3) is 3.95. The van der Waals surface area contributed by atoms with Crippen molar-refractivity contribution < 1.29 is 9.29 Å². The first-order valence-corrected chi connectivity index (χ1v) is 9.04. The van der Waals surface area contributed by atoms with Gasteiger partial charge < -0.3 is 9.29 Å². The van der Waals surface area contributed by atoms with Crippen LogP contribution in [-0.2, 0) is 11.2 Å². The van der Waals surface area contributed by atoms with E-state index < -0.39 is 11.2 Å². The van der Waals surface area contributed by atoms with Gasteiger partial charge in [-0.2, -0.15) is 0 Å². The molecule has 0 amide bonds. The number of ether oxygens (including phenoxy) is 1. The Bertz CT molecular complexity index is 621. The van der Waals surface area contributed by atoms with Crippen molar-refractivity contribution in [2.24, 2.45) is 0 Å². The second-order valence-corrected chi connectivity index (χ2v) is 7.24. The molecule has 0 heterocycles. The lowest BCUT2D eigenvalue weighted by atomic mass is 10.0. The molecular formula is C16H18O2S2. The molecule has 4 heteroatoms. The van der Waals surface area contributed by atoms with E-state index in [0.717, 1.165) is 5.75 Å². The quantitative estimate of drug-likeness (QED) is 0.773. The average Bonchev–Trinajstić information content (AvgIpc) is 2.45. The third-order valence-electron chi connectivity index (χ3n) is 3.00. The van der Waals surface area contributed by atoms with E-state index in [1.54, 1.807) is 25.1 Å². The number of thioether (sulfide) groups is 1. The molecule has 2 aromatic rings. The highest BCUT2D eigenvalue weighted by molar-refractivity contribution is 8.13. The largest absolute Gasteiger partial charge is 0.616 e. The monoisotopic (exact) mass is 306 g/mol. The summed E-state index contributed by atoms with van der Waals surface area (Å²) in [6, 6.07) is 12.5. The SMILES string of the molecule is COc1ccc2cc(C(C)=CSC[S+](C)[O-])ccc2c1. The number of allylic oxidation sites excluding steroid dienone is 1. The molecule has 0 aliphatic heterocycles. The van der Waals surface area contributed by atoms with Crippen molar-refractivity contribution in [3.05, 3.63) is 47.4 Å². The molecule has 0 spiro atoms. The Morgan fingerprint density at radius 2 is 1.95 bits per heavy atom. The maximum atomic E-state index is 11.0. The van der Waals surface area contributed by atoms with Crippen LogP contribution in [-0.4, -0.2) is 23.0 Å². The Morgan fingerprint density at radius 1 is 1.25 bits per heavy atom. The minimum Gasteiger partial charge on any atom is -0.616 e. The number of fused-ring (bicyclic) bond motifs is 1. The van der Waals surface area contributed by atoms with Gasteiger partial charge in [0.2, 0.25) is 0 Å². The van der Waals surface area contributed by atoms with Gasteiger partial charge in [0.05, 0.1) is 13.4 Å². The fourth-order valence-corrected chi connectivity index (χ4v) is 3.34. The van der Waals surface area contributed by atoms with Gasteiger partial charge in [0.1, 0.15) is 5.75 Å². The van der Waals surface area contributed by atoms with Crippen LogP contribution >= 0.6 is 11.8 Å². The summed E-state index contributed by atoms with van der Waals surface area (Å²) in [7, 11) is 1.68. The van der Waals surface area contributed by atoms with Crippen LogP contribution in [0.2, 0.25) is 0 Å². The van der Waals surface area contributed by atoms with Crippen molar-refractivity contribution in [3.63, 3.8) is 0 Å². The van der Waals surface area contributed by atoms with E-state index in [9.17, 15) is 4.55 Å². The molecule has 0 bridgehead atoms. The lowest BCUT2D eigenvalue weighted by molar-refractivity contribution is 0.415. The molecular weight excluding hydrogens is 288 g/mol. The van der Waals surface area contributed by atoms with Gasteiger partial charge in [-0.25, -0.2) is 0 Å². The van der Waals surface area contributed by atoms with Gasteiger partial charge in [0, 0.05) is 0 Å². The van der Waals surface area contributed by atoms with E-state index in [1.807, 2.05) is 12.1 Å². The fraction of sp³-hybridized carbons (Fsp3) is 0.250. The summed E-state index contributed by atoms with van der Waals surface area (Å²) in [5, 5.41) is 5.08. The van der Waals surface area contributed by atoms with Gasteiger partial charge in [0.25, 0.3) is 0 Å². The van der Waals surface area contributed by atoms with Gasteiger partial charge in [-0.15, -0.1) is 0 Å². The minimum atomic E-state index is -0.760. The van der Waals surface area contributed by atoms with E-state index in [-0.39, 0.29) is 0 Å². The molecule has 1 unspecified atom stereocenters. The topological polar surface area (TPSA) is 32.3 Å². The van der Waals surface area contributed by atoms with Crippen molar-refractivity contribution in [1.82, 2.24) is 0 Å². The van der Waals surface area contributed by atoms with Crippen LogP contribution < -0.4 is 4.74 Å². The van der Waals surface area contributed by atoms with Crippen LogP contribution in [0.25, 0.3) is 16.3 Å². The van der Waals surface area contributed by atoms with Crippen LogP contribution in [0, 0.1) is 0 Å². The zero-order valence-electron chi connectivity index (χ0n) is 11.9.